The van der Waals surface area contributed by atoms with Crippen LogP contribution in [-0.4, -0.2) is 47.3 Å². The van der Waals surface area contributed by atoms with Crippen LogP contribution in [0.4, 0.5) is 11.4 Å². The second kappa shape index (κ2) is 28.0. The molecule has 4 N–H and O–H groups in total. The van der Waals surface area contributed by atoms with Gasteiger partial charge in [-0.1, -0.05) is 160 Å². The summed E-state index contributed by atoms with van der Waals surface area (Å²) in [6.45, 7) is 13.8. The summed E-state index contributed by atoms with van der Waals surface area (Å²) in [4.78, 5) is 26.8. The number of benzene rings is 10. The van der Waals surface area contributed by atoms with Crippen LogP contribution in [-0.2, 0) is 46.1 Å². The van der Waals surface area contributed by atoms with E-state index >= 15 is 0 Å². The average Bonchev–Trinajstić information content (AvgIpc) is 1.58. The van der Waals surface area contributed by atoms with Crippen molar-refractivity contribution in [2.45, 2.75) is 127 Å². The molecule has 7 heterocycles. The van der Waals surface area contributed by atoms with E-state index in [0.717, 1.165) is 176 Å². The summed E-state index contributed by atoms with van der Waals surface area (Å²) in [6.07, 6.45) is 12.7. The molecule has 0 atom stereocenters. The van der Waals surface area contributed by atoms with E-state index < -0.39 is 19.1 Å². The first-order valence-electron chi connectivity index (χ1n) is 34.4. The number of rotatable bonds is 8. The number of para-hydroxylation sites is 1. The number of nitrogens with two attached hydrogens (primary N) is 2. The zero-order chi connectivity index (χ0) is 66.4. The highest BCUT2D eigenvalue weighted by atomic mass is 28.4. The van der Waals surface area contributed by atoms with Crippen LogP contribution in [0.2, 0.25) is 18.1 Å². The zero-order valence-electron chi connectivity index (χ0n) is 56.2. The summed E-state index contributed by atoms with van der Waals surface area (Å²) in [5.74, 6) is 4.21. The van der Waals surface area contributed by atoms with Crippen molar-refractivity contribution in [1.82, 2.24) is 0 Å². The van der Waals surface area contributed by atoms with Crippen molar-refractivity contribution in [3.8, 4) is 95.5 Å². The van der Waals surface area contributed by atoms with Gasteiger partial charge in [0.2, 0.25) is 8.32 Å². The molecule has 0 unspecified atom stereocenters. The van der Waals surface area contributed by atoms with E-state index in [9.17, 15) is 9.59 Å². The van der Waals surface area contributed by atoms with E-state index in [4.69, 9.17) is 34.8 Å². The van der Waals surface area contributed by atoms with Crippen LogP contribution in [0.25, 0.3) is 66.8 Å². The molecule has 0 spiro atoms. The summed E-state index contributed by atoms with van der Waals surface area (Å²) < 4.78 is 31.5. The number of anilines is 2. The molecule has 7 aliphatic heterocycles. The lowest BCUT2D eigenvalue weighted by Gasteiger charge is -2.36. The molecule has 9 nitrogen and oxygen atoms in total. The first kappa shape index (κ1) is 65.0. The molecular formula is C86H88N2O7Si. The summed E-state index contributed by atoms with van der Waals surface area (Å²) in [5.41, 5.74) is 33.0. The minimum Gasteiger partial charge on any atom is -0.544 e. The van der Waals surface area contributed by atoms with Crippen molar-refractivity contribution >= 4 is 32.3 Å². The Kier molecular flexibility index (Phi) is 19.0. The number of carbonyl (C=O) groups is 2. The van der Waals surface area contributed by atoms with E-state index in [1.807, 2.05) is 48.5 Å². The first-order chi connectivity index (χ1) is 46.6. The van der Waals surface area contributed by atoms with Gasteiger partial charge in [0.15, 0.2) is 0 Å². The quantitative estimate of drug-likeness (QED) is 0.0867. The molecule has 0 amide bonds. The molecular weight excluding hydrogens is 1200 g/mol. The van der Waals surface area contributed by atoms with E-state index in [1.54, 1.807) is 0 Å². The summed E-state index contributed by atoms with van der Waals surface area (Å²) >= 11 is 0. The molecule has 96 heavy (non-hydrogen) atoms. The second-order valence-electron chi connectivity index (χ2n) is 28.3. The number of hydrogen-bond acceptors (Lipinski definition) is 9. The van der Waals surface area contributed by atoms with Gasteiger partial charge in [-0.15, -0.1) is 0 Å². The van der Waals surface area contributed by atoms with E-state index in [0.29, 0.717) is 57.8 Å². The van der Waals surface area contributed by atoms with Crippen LogP contribution in [0.5, 0.6) is 28.7 Å². The molecule has 0 radical (unpaired) electrons. The van der Waals surface area contributed by atoms with Crippen LogP contribution >= 0.6 is 0 Å². The second-order valence-corrected chi connectivity index (χ2v) is 33.0. The topological polar surface area (TPSA) is 132 Å². The molecule has 10 heteroatoms. The highest BCUT2D eigenvalue weighted by Crippen LogP contribution is 2.47. The third-order valence-corrected chi connectivity index (χ3v) is 25.1. The maximum absolute atomic E-state index is 13.5. The number of carbonyl (C=O) groups excluding carboxylic acids is 2. The molecule has 0 saturated carbocycles. The molecule has 10 aromatic rings. The first-order valence-corrected chi connectivity index (χ1v) is 37.3. The van der Waals surface area contributed by atoms with Crippen LogP contribution < -0.4 is 34.8 Å². The van der Waals surface area contributed by atoms with Crippen molar-refractivity contribution in [2.75, 3.05) is 37.9 Å². The predicted molar refractivity (Wildman–Crippen MR) is 394 cm³/mol. The third-order valence-electron chi connectivity index (χ3n) is 20.7. The molecule has 9 aliphatic rings. The average molecular weight is 1290 g/mol. The molecule has 0 saturated heterocycles. The Bertz CT molecular complexity index is 4180. The lowest BCUT2D eigenvalue weighted by atomic mass is 9.78. The highest BCUT2D eigenvalue weighted by Gasteiger charge is 2.44. The third kappa shape index (κ3) is 14.0. The van der Waals surface area contributed by atoms with E-state index in [2.05, 4.69) is 198 Å². The van der Waals surface area contributed by atoms with E-state index in [1.165, 1.54) is 22.3 Å². The lowest BCUT2D eigenvalue weighted by molar-refractivity contribution is -0.113. The van der Waals surface area contributed by atoms with Gasteiger partial charge in [0.05, 0.1) is 37.3 Å². The summed E-state index contributed by atoms with van der Waals surface area (Å²) in [7, 11) is -1.96. The molecule has 10 aromatic carbocycles. The molecule has 2 aliphatic carbocycles. The highest BCUT2D eigenvalue weighted by molar-refractivity contribution is 6.74. The van der Waals surface area contributed by atoms with Crippen LogP contribution in [0, 0.1) is 0 Å². The Morgan fingerprint density at radius 3 is 0.979 bits per heavy atom. The predicted octanol–water partition coefficient (Wildman–Crippen LogP) is 20.1. The minimum absolute atomic E-state index is 0.113. The fourth-order valence-electron chi connectivity index (χ4n) is 14.0. The van der Waals surface area contributed by atoms with Crippen LogP contribution in [0.3, 0.4) is 0 Å². The molecule has 12 bridgehead atoms. The number of nitrogen functional groups attached to an aromatic ring is 2. The number of ether oxygens (including phenoxy) is 4. The SMILES string of the molecule is CC(C)(C)[Si](C)(C)Oc1ccc(-c2ccc(C3(C=O)Cc4cc5c(cc4C3)CC(C=O)(c3ccc(-c4cc6c(N)c(c4)-c4ccc(cc4)OCCCCCCOc4ccc(cc4)-c4cccc(c4N)-c4ccc(cc4)OCCCCCCOc4ccc-6cc4)cc3)C5)cc2)cc1. The maximum Gasteiger partial charge on any atom is 0.250 e. The Hall–Kier alpha value is -9.64. The molecule has 0 aromatic heterocycles. The number of fused-ring (bicyclic) bond motifs is 2. The fraction of sp³-hybridized carbons (Fsp3) is 0.279. The van der Waals surface area contributed by atoms with Gasteiger partial charge in [-0.3, -0.25) is 0 Å². The van der Waals surface area contributed by atoms with Gasteiger partial charge in [-0.25, -0.2) is 0 Å². The van der Waals surface area contributed by atoms with Gasteiger partial charge >= 0.3 is 0 Å². The standard InChI is InChI=1S/C86H88N2O7Si/c1-84(2,3)96(4,5)95-77-43-21-60(22-44-77)59-17-31-71(32-18-59)85(57-89)53-67-49-69-55-86(58-90,56-70(69)50-68(67)54-85)72-33-19-61(20-34-72)66-51-80-64-27-39-75(40-28-64)93-47-12-8-6-10-45-91-73-35-23-62(24-36-73)78-15-14-16-79(82(78)87)63-25-37-74(38-26-63)92-46-11-7-9-13-48-94-76-41-29-65(30-42-76)81(52-66)83(80)88/h14-44,49-52,57-58H,6-13,45-48,53-56,87-88H2,1-5H3. The molecule has 0 fully saturated rings. The smallest absolute Gasteiger partial charge is 0.250 e. The number of hydrogen-bond donors (Lipinski definition) is 2. The maximum atomic E-state index is 13.5. The Labute approximate surface area is 567 Å². The van der Waals surface area contributed by atoms with Gasteiger partial charge in [-0.05, 0) is 246 Å². The fourth-order valence-corrected chi connectivity index (χ4v) is 15.0. The summed E-state index contributed by atoms with van der Waals surface area (Å²) in [5, 5.41) is 0.113. The van der Waals surface area contributed by atoms with Crippen LogP contribution in [0.15, 0.2) is 212 Å². The summed E-state index contributed by atoms with van der Waals surface area (Å²) in [6, 6.07) is 73.5. The van der Waals surface area contributed by atoms with Crippen molar-refractivity contribution in [3.05, 3.63) is 246 Å². The molecule has 19 rings (SSSR count). The van der Waals surface area contributed by atoms with Crippen molar-refractivity contribution < 1.29 is 33.0 Å². The normalized spacial score (nSPS) is 15.8. The van der Waals surface area contributed by atoms with Gasteiger partial charge < -0.3 is 44.4 Å². The Balaban J connectivity index is 0.690. The van der Waals surface area contributed by atoms with Crippen molar-refractivity contribution in [2.24, 2.45) is 0 Å². The zero-order valence-corrected chi connectivity index (χ0v) is 57.2. The van der Waals surface area contributed by atoms with Gasteiger partial charge in [0.25, 0.3) is 0 Å². The van der Waals surface area contributed by atoms with Crippen molar-refractivity contribution in [1.29, 1.82) is 0 Å². The number of aldehydes is 2. The molecule has 488 valence electrons. The van der Waals surface area contributed by atoms with E-state index in [-0.39, 0.29) is 5.04 Å². The Morgan fingerprint density at radius 1 is 0.365 bits per heavy atom. The Morgan fingerprint density at radius 2 is 0.656 bits per heavy atom. The largest absolute Gasteiger partial charge is 0.544 e. The van der Waals surface area contributed by atoms with Gasteiger partial charge in [0, 0.05) is 33.6 Å². The lowest BCUT2D eigenvalue weighted by Crippen LogP contribution is -2.43. The minimum atomic E-state index is -1.96. The van der Waals surface area contributed by atoms with Crippen molar-refractivity contribution in [3.63, 3.8) is 0 Å². The van der Waals surface area contributed by atoms with Gasteiger partial charge in [0.1, 0.15) is 41.3 Å². The monoisotopic (exact) mass is 1290 g/mol. The van der Waals surface area contributed by atoms with Crippen LogP contribution in [0.1, 0.15) is 106 Å². The van der Waals surface area contributed by atoms with Gasteiger partial charge in [-0.2, -0.15) is 0 Å².